The van der Waals surface area contributed by atoms with Gasteiger partial charge in [0.25, 0.3) is 0 Å². The fourth-order valence-corrected chi connectivity index (χ4v) is 0. The van der Waals surface area contributed by atoms with Crippen molar-refractivity contribution in [3.63, 3.8) is 0 Å². The Morgan fingerprint density at radius 1 is 1.25 bits per heavy atom. The normalized spacial score (nSPS) is 4.50. The third kappa shape index (κ3) is 14.8. The van der Waals surface area contributed by atoms with Crippen molar-refractivity contribution in [1.82, 2.24) is 0 Å². The Kier molecular flexibility index (Phi) is 20.4. The average Bonchev–Trinajstić information content (AvgIpc) is 0.918. The molecule has 0 fully saturated rings. The minimum Gasteiger partial charge on any atom is -0.388 e. The minimum absolute atomic E-state index is 0. The maximum absolute atomic E-state index is 4.25. The molecule has 0 aliphatic carbocycles. The Labute approximate surface area is 43.3 Å². The smallest absolute Gasteiger partial charge is 0.0351 e. The van der Waals surface area contributed by atoms with Crippen molar-refractivity contribution < 1.29 is 4.74 Å². The Hall–Kier alpha value is 0.759. The quantitative estimate of drug-likeness (QED) is 0.454. The van der Waals surface area contributed by atoms with Crippen molar-refractivity contribution in [2.24, 2.45) is 0 Å². The van der Waals surface area contributed by atoms with Gasteiger partial charge in [-0.05, 0) is 0 Å². The van der Waals surface area contributed by atoms with Gasteiger partial charge in [-0.25, -0.2) is 0 Å². The first-order valence-corrected chi connectivity index (χ1v) is 0.816. The zero-order valence-electron chi connectivity index (χ0n) is 2.91. The van der Waals surface area contributed by atoms with Crippen LogP contribution in [0.1, 0.15) is 0 Å². The summed E-state index contributed by atoms with van der Waals surface area (Å²) in [5.41, 5.74) is 0. The number of ether oxygens (including phenoxy) is 1. The number of rotatable bonds is 0. The summed E-state index contributed by atoms with van der Waals surface area (Å²) in [7, 11) is 3.25. The second-order valence-electron chi connectivity index (χ2n) is 0.408. The van der Waals surface area contributed by atoms with E-state index in [1.54, 1.807) is 14.2 Å². The van der Waals surface area contributed by atoms with Crippen LogP contribution in [-0.2, 0) is 4.74 Å². The second-order valence-corrected chi connectivity index (χ2v) is 0.408. The van der Waals surface area contributed by atoms with E-state index in [2.05, 4.69) is 4.74 Å². The fraction of sp³-hybridized carbons (Fsp3) is 1.00. The number of methoxy groups -OCH3 is 1. The topological polar surface area (TPSA) is 9.23 Å². The van der Waals surface area contributed by atoms with Gasteiger partial charge in [-0.1, -0.05) is 0 Å². The van der Waals surface area contributed by atoms with Gasteiger partial charge in [-0.15, -0.1) is 0 Å². The van der Waals surface area contributed by atoms with Gasteiger partial charge in [0.2, 0.25) is 0 Å². The third-order valence-corrected chi connectivity index (χ3v) is 0. The number of hydrogen-bond donors (Lipinski definition) is 0. The molecule has 1 nitrogen and oxygen atoms in total. The maximum Gasteiger partial charge on any atom is 0.0351 e. The van der Waals surface area contributed by atoms with Crippen molar-refractivity contribution in [2.45, 2.75) is 0 Å². The first kappa shape index (κ1) is 8.83. The summed E-state index contributed by atoms with van der Waals surface area (Å²) in [6.07, 6.45) is 0. The molecule has 0 saturated carbocycles. The summed E-state index contributed by atoms with van der Waals surface area (Å²) < 4.78 is 4.25. The van der Waals surface area contributed by atoms with Gasteiger partial charge < -0.3 is 4.74 Å². The van der Waals surface area contributed by atoms with E-state index in [4.69, 9.17) is 0 Å². The van der Waals surface area contributed by atoms with Crippen molar-refractivity contribution in [2.75, 3.05) is 14.2 Å². The first-order chi connectivity index (χ1) is 1.41. The van der Waals surface area contributed by atoms with Crippen LogP contribution in [0.2, 0.25) is 0 Å². The zero-order chi connectivity index (χ0) is 2.71. The van der Waals surface area contributed by atoms with Gasteiger partial charge >= 0.3 is 0 Å². The van der Waals surface area contributed by atoms with Crippen LogP contribution < -0.4 is 0 Å². The summed E-state index contributed by atoms with van der Waals surface area (Å²) in [4.78, 5) is 0. The van der Waals surface area contributed by atoms with Crippen LogP contribution in [0, 0.1) is 0 Å². The van der Waals surface area contributed by atoms with Gasteiger partial charge in [0.15, 0.2) is 0 Å². The molecular formula is C2H6OSn. The standard InChI is InChI=1S/C2H6O.Sn/c1-3-2;/h1-2H3;. The second kappa shape index (κ2) is 9.25. The summed E-state index contributed by atoms with van der Waals surface area (Å²) in [5, 5.41) is 0. The molecule has 0 aromatic rings. The Bertz CT molecular complexity index is 6.00. The predicted molar refractivity (Wildman–Crippen MR) is 18.7 cm³/mol. The van der Waals surface area contributed by atoms with E-state index in [1.165, 1.54) is 0 Å². The van der Waals surface area contributed by atoms with Crippen molar-refractivity contribution in [3.05, 3.63) is 0 Å². The minimum atomic E-state index is 0. The third-order valence-electron chi connectivity index (χ3n) is 0. The molecule has 2 heteroatoms. The molecule has 0 aromatic carbocycles. The van der Waals surface area contributed by atoms with Gasteiger partial charge in [-0.2, -0.15) is 0 Å². The number of hydrogen-bond acceptors (Lipinski definition) is 1. The van der Waals surface area contributed by atoms with E-state index in [9.17, 15) is 0 Å². The van der Waals surface area contributed by atoms with Crippen LogP contribution in [0.3, 0.4) is 0 Å². The molecular weight excluding hydrogens is 159 g/mol. The van der Waals surface area contributed by atoms with Crippen LogP contribution in [0.4, 0.5) is 0 Å². The maximum atomic E-state index is 4.25. The molecule has 4 heavy (non-hydrogen) atoms. The molecule has 0 amide bonds. The molecule has 0 aromatic heterocycles. The largest absolute Gasteiger partial charge is 0.388 e. The van der Waals surface area contributed by atoms with Crippen LogP contribution in [0.25, 0.3) is 0 Å². The molecule has 0 aliphatic rings. The van der Waals surface area contributed by atoms with E-state index >= 15 is 0 Å². The molecule has 4 radical (unpaired) electrons. The van der Waals surface area contributed by atoms with Gasteiger partial charge in [0.1, 0.15) is 0 Å². The Morgan fingerprint density at radius 3 is 1.25 bits per heavy atom. The molecule has 0 aliphatic heterocycles. The van der Waals surface area contributed by atoms with Crippen LogP contribution in [-0.4, -0.2) is 38.1 Å². The summed E-state index contributed by atoms with van der Waals surface area (Å²) in [6, 6.07) is 0. The van der Waals surface area contributed by atoms with Crippen molar-refractivity contribution in [1.29, 1.82) is 0 Å². The monoisotopic (exact) mass is 166 g/mol. The molecule has 0 heterocycles. The Morgan fingerprint density at radius 2 is 1.25 bits per heavy atom. The molecule has 0 atom stereocenters. The van der Waals surface area contributed by atoms with E-state index in [1.807, 2.05) is 0 Å². The fourth-order valence-electron chi connectivity index (χ4n) is 0. The average molecular weight is 165 g/mol. The first-order valence-electron chi connectivity index (χ1n) is 0.816. The van der Waals surface area contributed by atoms with E-state index in [-0.39, 0.29) is 23.9 Å². The molecule has 24 valence electrons. The van der Waals surface area contributed by atoms with Gasteiger partial charge in [0, 0.05) is 38.1 Å². The summed E-state index contributed by atoms with van der Waals surface area (Å²) in [5.74, 6) is 0. The molecule has 0 bridgehead atoms. The van der Waals surface area contributed by atoms with Crippen molar-refractivity contribution in [3.8, 4) is 0 Å². The SMILES string of the molecule is COC.[Sn]. The van der Waals surface area contributed by atoms with E-state index in [0.717, 1.165) is 0 Å². The van der Waals surface area contributed by atoms with E-state index < -0.39 is 0 Å². The molecule has 0 spiro atoms. The van der Waals surface area contributed by atoms with Gasteiger partial charge in [0.05, 0.1) is 0 Å². The zero-order valence-corrected chi connectivity index (χ0v) is 5.76. The van der Waals surface area contributed by atoms with Crippen LogP contribution in [0.5, 0.6) is 0 Å². The summed E-state index contributed by atoms with van der Waals surface area (Å²) >= 11 is 0. The van der Waals surface area contributed by atoms with E-state index in [0.29, 0.717) is 0 Å². The molecule has 0 unspecified atom stereocenters. The molecule has 0 rings (SSSR count). The van der Waals surface area contributed by atoms with Crippen molar-refractivity contribution >= 4 is 23.9 Å². The summed E-state index contributed by atoms with van der Waals surface area (Å²) in [6.45, 7) is 0. The Balaban J connectivity index is 0. The van der Waals surface area contributed by atoms with Gasteiger partial charge in [-0.3, -0.25) is 0 Å². The molecule has 0 N–H and O–H groups in total. The predicted octanol–water partition coefficient (Wildman–Crippen LogP) is -0.118. The van der Waals surface area contributed by atoms with Crippen LogP contribution in [0.15, 0.2) is 0 Å². The molecule has 0 saturated heterocycles. The van der Waals surface area contributed by atoms with Crippen LogP contribution >= 0.6 is 0 Å².